The number of fused-ring (bicyclic) bond motifs is 1. The number of hydrogen-bond donors (Lipinski definition) is 0. The third-order valence-electron chi connectivity index (χ3n) is 5.69. The molecule has 0 amide bonds. The molecule has 0 N–H and O–H groups in total. The first-order chi connectivity index (χ1) is 17.8. The zero-order valence-electron chi connectivity index (χ0n) is 19.6. The second-order valence-electron chi connectivity index (χ2n) is 7.90. The van der Waals surface area contributed by atoms with Gasteiger partial charge in [-0.05, 0) is 47.3 Å². The highest BCUT2D eigenvalue weighted by molar-refractivity contribution is 7.93. The highest BCUT2D eigenvalue weighted by Gasteiger charge is 2.32. The Labute approximate surface area is 210 Å². The van der Waals surface area contributed by atoms with Gasteiger partial charge < -0.3 is 14.0 Å². The molecule has 0 saturated heterocycles. The number of nitrogens with zero attached hydrogens (tertiary/aromatic N) is 3. The van der Waals surface area contributed by atoms with Crippen LogP contribution < -0.4 is 13.8 Å². The molecular formula is C26H19F2N3O5S. The van der Waals surface area contributed by atoms with Gasteiger partial charge in [-0.2, -0.15) is 0 Å². The fourth-order valence-corrected chi connectivity index (χ4v) is 5.41. The van der Waals surface area contributed by atoms with Crippen molar-refractivity contribution in [3.05, 3.63) is 91.0 Å². The van der Waals surface area contributed by atoms with E-state index >= 15 is 4.39 Å². The molecule has 0 radical (unpaired) electrons. The first-order valence-electron chi connectivity index (χ1n) is 10.8. The van der Waals surface area contributed by atoms with Crippen LogP contribution in [0, 0.1) is 11.6 Å². The summed E-state index contributed by atoms with van der Waals surface area (Å²) in [6.07, 6.45) is 4.35. The molecule has 0 unspecified atom stereocenters. The van der Waals surface area contributed by atoms with Crippen LogP contribution >= 0.6 is 0 Å². The van der Waals surface area contributed by atoms with Crippen molar-refractivity contribution in [1.82, 2.24) is 10.1 Å². The smallest absolute Gasteiger partial charge is 0.270 e. The number of pyridine rings is 1. The molecule has 2 heterocycles. The topological polar surface area (TPSA) is 94.8 Å². The van der Waals surface area contributed by atoms with Gasteiger partial charge in [0, 0.05) is 41.5 Å². The molecule has 8 nitrogen and oxygen atoms in total. The van der Waals surface area contributed by atoms with E-state index in [1.165, 1.54) is 50.8 Å². The summed E-state index contributed by atoms with van der Waals surface area (Å²) in [5, 5.41) is 5.17. The molecule has 0 atom stereocenters. The monoisotopic (exact) mass is 523 g/mol. The molecule has 0 aliphatic heterocycles. The van der Waals surface area contributed by atoms with Crippen molar-refractivity contribution in [1.29, 1.82) is 0 Å². The summed E-state index contributed by atoms with van der Waals surface area (Å²) in [5.74, 6) is -1.38. The zero-order valence-corrected chi connectivity index (χ0v) is 20.4. The van der Waals surface area contributed by atoms with E-state index in [1.54, 1.807) is 24.5 Å². The predicted molar refractivity (Wildman–Crippen MR) is 132 cm³/mol. The Hall–Kier alpha value is -4.51. The summed E-state index contributed by atoms with van der Waals surface area (Å²) in [6, 6.07) is 13.5. The largest absolute Gasteiger partial charge is 0.497 e. The van der Waals surface area contributed by atoms with E-state index < -0.39 is 21.7 Å². The second-order valence-corrected chi connectivity index (χ2v) is 9.68. The molecule has 0 aliphatic carbocycles. The Morgan fingerprint density at radius 1 is 0.919 bits per heavy atom. The van der Waals surface area contributed by atoms with Gasteiger partial charge in [-0.25, -0.2) is 21.5 Å². The lowest BCUT2D eigenvalue weighted by Crippen LogP contribution is -2.27. The number of rotatable bonds is 7. The molecular weight excluding hydrogens is 504 g/mol. The van der Waals surface area contributed by atoms with Crippen LogP contribution in [0.4, 0.5) is 20.3 Å². The van der Waals surface area contributed by atoms with E-state index in [0.29, 0.717) is 5.39 Å². The van der Waals surface area contributed by atoms with Gasteiger partial charge >= 0.3 is 0 Å². The van der Waals surface area contributed by atoms with Crippen LogP contribution in [0.1, 0.15) is 0 Å². The Balaban J connectivity index is 1.70. The van der Waals surface area contributed by atoms with Crippen molar-refractivity contribution in [3.8, 4) is 22.6 Å². The molecule has 3 aromatic carbocycles. The maximum absolute atomic E-state index is 15.5. The van der Waals surface area contributed by atoms with Crippen LogP contribution in [-0.4, -0.2) is 32.8 Å². The number of sulfonamides is 1. The Morgan fingerprint density at radius 2 is 1.76 bits per heavy atom. The van der Waals surface area contributed by atoms with Crippen LogP contribution in [0.5, 0.6) is 11.5 Å². The minimum Gasteiger partial charge on any atom is -0.497 e. The van der Waals surface area contributed by atoms with Crippen LogP contribution in [0.3, 0.4) is 0 Å². The van der Waals surface area contributed by atoms with Crippen molar-refractivity contribution in [2.45, 2.75) is 4.90 Å². The van der Waals surface area contributed by atoms with E-state index in [0.717, 1.165) is 27.9 Å². The third kappa shape index (κ3) is 4.45. The molecule has 0 fully saturated rings. The van der Waals surface area contributed by atoms with Gasteiger partial charge in [0.1, 0.15) is 35.1 Å². The minimum atomic E-state index is -4.35. The van der Waals surface area contributed by atoms with Gasteiger partial charge in [0.15, 0.2) is 5.82 Å². The third-order valence-corrected chi connectivity index (χ3v) is 7.40. The number of anilines is 2. The quantitative estimate of drug-likeness (QED) is 0.270. The van der Waals surface area contributed by atoms with Gasteiger partial charge in [0.25, 0.3) is 10.0 Å². The number of hydrogen-bond acceptors (Lipinski definition) is 7. The first kappa shape index (κ1) is 24.2. The standard InChI is InChI=1S/C26H19F2N3O5S/c1-34-20-10-18(9-19(27)12-20)22-13-25(35-2)24(14-23(22)28)31(26-6-8-36-30-26)37(32,33)21-4-3-17-15-29-7-5-16(17)11-21/h3-15H,1-2H3. The lowest BCUT2D eigenvalue weighted by Gasteiger charge is -2.24. The van der Waals surface area contributed by atoms with Crippen LogP contribution in [-0.2, 0) is 10.0 Å². The minimum absolute atomic E-state index is 0.00353. The summed E-state index contributed by atoms with van der Waals surface area (Å²) >= 11 is 0. The summed E-state index contributed by atoms with van der Waals surface area (Å²) in [5.41, 5.74) is 0.00290. The van der Waals surface area contributed by atoms with Crippen molar-refractivity contribution in [2.24, 2.45) is 0 Å². The molecule has 0 spiro atoms. The maximum atomic E-state index is 15.5. The molecule has 2 aromatic heterocycles. The Kier molecular flexibility index (Phi) is 6.22. The Bertz CT molecular complexity index is 1710. The van der Waals surface area contributed by atoms with Gasteiger partial charge in [0.05, 0.1) is 19.1 Å². The first-order valence-corrected chi connectivity index (χ1v) is 12.3. The number of ether oxygens (including phenoxy) is 2. The van der Waals surface area contributed by atoms with Crippen molar-refractivity contribution in [3.63, 3.8) is 0 Å². The lowest BCUT2D eigenvalue weighted by atomic mass is 10.0. The lowest BCUT2D eigenvalue weighted by molar-refractivity contribution is 0.411. The molecule has 0 bridgehead atoms. The van der Waals surface area contributed by atoms with E-state index in [9.17, 15) is 12.8 Å². The molecule has 5 aromatic rings. The molecule has 11 heteroatoms. The summed E-state index contributed by atoms with van der Waals surface area (Å²) in [7, 11) is -1.68. The summed E-state index contributed by atoms with van der Waals surface area (Å²) < 4.78 is 73.8. The number of methoxy groups -OCH3 is 2. The average molecular weight is 524 g/mol. The van der Waals surface area contributed by atoms with E-state index in [4.69, 9.17) is 14.0 Å². The van der Waals surface area contributed by atoms with Crippen LogP contribution in [0.15, 0.2) is 88.7 Å². The average Bonchev–Trinajstić information content (AvgIpc) is 3.42. The second kappa shape index (κ2) is 9.51. The van der Waals surface area contributed by atoms with E-state index in [1.807, 2.05) is 0 Å². The van der Waals surface area contributed by atoms with Crippen LogP contribution in [0.2, 0.25) is 0 Å². The fourth-order valence-electron chi connectivity index (χ4n) is 3.94. The van der Waals surface area contributed by atoms with Crippen LogP contribution in [0.25, 0.3) is 21.9 Å². The summed E-state index contributed by atoms with van der Waals surface area (Å²) in [4.78, 5) is 3.96. The molecule has 0 saturated carbocycles. The highest BCUT2D eigenvalue weighted by Crippen LogP contribution is 2.42. The SMILES string of the molecule is COc1cc(F)cc(-c2cc(OC)c(N(c3ccon3)S(=O)(=O)c3ccc4cnccc4c3)cc2F)c1. The van der Waals surface area contributed by atoms with Gasteiger partial charge in [-0.1, -0.05) is 11.2 Å². The maximum Gasteiger partial charge on any atom is 0.270 e. The fraction of sp³-hybridized carbons (Fsp3) is 0.0769. The summed E-state index contributed by atoms with van der Waals surface area (Å²) in [6.45, 7) is 0. The zero-order chi connectivity index (χ0) is 26.2. The van der Waals surface area contributed by atoms with Crippen molar-refractivity contribution >= 4 is 32.3 Å². The number of benzene rings is 3. The highest BCUT2D eigenvalue weighted by atomic mass is 32.2. The van der Waals surface area contributed by atoms with Gasteiger partial charge in [-0.15, -0.1) is 0 Å². The van der Waals surface area contributed by atoms with Crippen molar-refractivity contribution in [2.75, 3.05) is 18.5 Å². The van der Waals surface area contributed by atoms with Gasteiger partial charge in [-0.3, -0.25) is 4.98 Å². The predicted octanol–water partition coefficient (Wildman–Crippen LogP) is 5.71. The van der Waals surface area contributed by atoms with Crippen molar-refractivity contribution < 1.29 is 31.2 Å². The van der Waals surface area contributed by atoms with E-state index in [2.05, 4.69) is 10.1 Å². The normalized spacial score (nSPS) is 11.5. The Morgan fingerprint density at radius 3 is 2.49 bits per heavy atom. The number of aromatic nitrogens is 2. The number of halogens is 2. The molecule has 0 aliphatic rings. The molecule has 188 valence electrons. The van der Waals surface area contributed by atoms with Gasteiger partial charge in [0.2, 0.25) is 0 Å². The molecule has 37 heavy (non-hydrogen) atoms. The van der Waals surface area contributed by atoms with E-state index in [-0.39, 0.29) is 39.0 Å². The molecule has 5 rings (SSSR count).